The topological polar surface area (TPSA) is 54.5 Å². The van der Waals surface area contributed by atoms with Gasteiger partial charge in [0.25, 0.3) is 0 Å². The molecule has 0 aromatic carbocycles. The second kappa shape index (κ2) is 3.91. The fourth-order valence-electron chi connectivity index (χ4n) is 2.56. The molecule has 0 atom stereocenters. The fraction of sp³-hybridized carbons (Fsp3) is 0.909. The average Bonchev–Trinajstić information content (AvgIpc) is 2.69. The molecule has 4 heteroatoms. The van der Waals surface area contributed by atoms with Crippen molar-refractivity contribution in [2.45, 2.75) is 52.4 Å². The Morgan fingerprint density at radius 3 is 2.27 bits per heavy atom. The number of rotatable bonds is 1. The van der Waals surface area contributed by atoms with Crippen LogP contribution in [0.25, 0.3) is 0 Å². The first kappa shape index (κ1) is 10.6. The van der Waals surface area contributed by atoms with E-state index >= 15 is 0 Å². The minimum Gasteiger partial charge on any atom is -0.177 e. The highest BCUT2D eigenvalue weighted by Gasteiger charge is 2.31. The van der Waals surface area contributed by atoms with Crippen molar-refractivity contribution in [3.8, 4) is 0 Å². The third-order valence-corrected chi connectivity index (χ3v) is 3.68. The van der Waals surface area contributed by atoms with Crippen molar-refractivity contribution in [1.82, 2.24) is 20.6 Å². The zero-order chi connectivity index (χ0) is 10.9. The van der Waals surface area contributed by atoms with Gasteiger partial charge in [0, 0.05) is 5.92 Å². The molecule has 15 heavy (non-hydrogen) atoms. The number of aromatic amines is 1. The summed E-state index contributed by atoms with van der Waals surface area (Å²) < 4.78 is 0. The van der Waals surface area contributed by atoms with Gasteiger partial charge in [-0.25, -0.2) is 0 Å². The van der Waals surface area contributed by atoms with Gasteiger partial charge < -0.3 is 0 Å². The van der Waals surface area contributed by atoms with Crippen LogP contribution < -0.4 is 0 Å². The molecule has 2 rings (SSSR count). The summed E-state index contributed by atoms with van der Waals surface area (Å²) in [6.07, 6.45) is 5.01. The smallest absolute Gasteiger partial charge is 0.177 e. The maximum Gasteiger partial charge on any atom is 0.177 e. The van der Waals surface area contributed by atoms with Gasteiger partial charge in [-0.2, -0.15) is 5.21 Å². The van der Waals surface area contributed by atoms with Crippen molar-refractivity contribution >= 4 is 0 Å². The highest BCUT2D eigenvalue weighted by Crippen LogP contribution is 2.42. The Labute approximate surface area is 90.8 Å². The molecule has 0 aliphatic heterocycles. The van der Waals surface area contributed by atoms with Gasteiger partial charge in [0.1, 0.15) is 0 Å². The van der Waals surface area contributed by atoms with E-state index in [1.807, 2.05) is 0 Å². The van der Waals surface area contributed by atoms with Gasteiger partial charge in [0.05, 0.1) is 0 Å². The predicted molar refractivity (Wildman–Crippen MR) is 58.3 cm³/mol. The number of tetrazole rings is 1. The Balaban J connectivity index is 1.93. The molecule has 1 aromatic rings. The first-order chi connectivity index (χ1) is 7.07. The molecular weight excluding hydrogens is 188 g/mol. The van der Waals surface area contributed by atoms with Crippen LogP contribution in [0.4, 0.5) is 0 Å². The van der Waals surface area contributed by atoms with Gasteiger partial charge in [0.2, 0.25) is 0 Å². The van der Waals surface area contributed by atoms with Crippen LogP contribution in [-0.2, 0) is 0 Å². The van der Waals surface area contributed by atoms with E-state index in [2.05, 4.69) is 41.4 Å². The zero-order valence-corrected chi connectivity index (χ0v) is 9.82. The van der Waals surface area contributed by atoms with E-state index in [1.165, 1.54) is 25.7 Å². The van der Waals surface area contributed by atoms with Gasteiger partial charge in [-0.15, -0.1) is 10.2 Å². The van der Waals surface area contributed by atoms with Crippen LogP contribution in [0.2, 0.25) is 0 Å². The third-order valence-electron chi connectivity index (χ3n) is 3.68. The summed E-state index contributed by atoms with van der Waals surface area (Å²) in [7, 11) is 0. The van der Waals surface area contributed by atoms with E-state index < -0.39 is 0 Å². The van der Waals surface area contributed by atoms with Crippen molar-refractivity contribution in [2.24, 2.45) is 11.3 Å². The number of H-pyrrole nitrogens is 1. The standard InChI is InChI=1S/C11H20N4/c1-11(2,3)9-6-4-8(5-7-9)10-12-14-15-13-10/h8-9H,4-7H2,1-3H3,(H,12,13,14,15). The lowest BCUT2D eigenvalue weighted by atomic mass is 9.70. The first-order valence-electron chi connectivity index (χ1n) is 5.80. The molecule has 1 heterocycles. The summed E-state index contributed by atoms with van der Waals surface area (Å²) >= 11 is 0. The Hall–Kier alpha value is -0.930. The molecule has 1 saturated carbocycles. The molecule has 1 aromatic heterocycles. The predicted octanol–water partition coefficient (Wildman–Crippen LogP) is 2.52. The average molecular weight is 208 g/mol. The fourth-order valence-corrected chi connectivity index (χ4v) is 2.56. The molecule has 84 valence electrons. The van der Waals surface area contributed by atoms with Gasteiger partial charge in [0.15, 0.2) is 5.82 Å². The van der Waals surface area contributed by atoms with E-state index in [0.717, 1.165) is 11.7 Å². The lowest BCUT2D eigenvalue weighted by molar-refractivity contribution is 0.167. The van der Waals surface area contributed by atoms with Crippen LogP contribution in [0.15, 0.2) is 0 Å². The van der Waals surface area contributed by atoms with Gasteiger partial charge >= 0.3 is 0 Å². The number of nitrogens with one attached hydrogen (secondary N) is 1. The lowest BCUT2D eigenvalue weighted by Crippen LogP contribution is -2.25. The summed E-state index contributed by atoms with van der Waals surface area (Å²) in [5.41, 5.74) is 0.447. The van der Waals surface area contributed by atoms with Crippen LogP contribution >= 0.6 is 0 Å². The van der Waals surface area contributed by atoms with Gasteiger partial charge in [-0.05, 0) is 37.0 Å². The van der Waals surface area contributed by atoms with E-state index in [-0.39, 0.29) is 0 Å². The summed E-state index contributed by atoms with van der Waals surface area (Å²) in [6.45, 7) is 7.02. The van der Waals surface area contributed by atoms with E-state index in [4.69, 9.17) is 0 Å². The molecule has 0 unspecified atom stereocenters. The van der Waals surface area contributed by atoms with Gasteiger partial charge in [-0.1, -0.05) is 26.0 Å². The second-order valence-corrected chi connectivity index (χ2v) is 5.68. The molecule has 0 spiro atoms. The first-order valence-corrected chi connectivity index (χ1v) is 5.80. The highest BCUT2D eigenvalue weighted by atomic mass is 15.5. The summed E-state index contributed by atoms with van der Waals surface area (Å²) in [4.78, 5) is 0. The quantitative estimate of drug-likeness (QED) is 0.771. The molecule has 1 aliphatic rings. The zero-order valence-electron chi connectivity index (χ0n) is 9.82. The molecule has 4 nitrogen and oxygen atoms in total. The van der Waals surface area contributed by atoms with Crippen LogP contribution in [0.1, 0.15) is 58.2 Å². The summed E-state index contributed by atoms with van der Waals surface area (Å²) in [5, 5.41) is 14.3. The SMILES string of the molecule is CC(C)(C)C1CCC(c2nn[nH]n2)CC1. The van der Waals surface area contributed by atoms with E-state index in [0.29, 0.717) is 11.3 Å². The molecule has 0 bridgehead atoms. The van der Waals surface area contributed by atoms with E-state index in [1.54, 1.807) is 0 Å². The third kappa shape index (κ3) is 2.36. The number of hydrogen-bond donors (Lipinski definition) is 1. The van der Waals surface area contributed by atoms with Crippen LogP contribution in [0.5, 0.6) is 0 Å². The minimum atomic E-state index is 0.447. The van der Waals surface area contributed by atoms with Crippen molar-refractivity contribution in [1.29, 1.82) is 0 Å². The van der Waals surface area contributed by atoms with E-state index in [9.17, 15) is 0 Å². The Kier molecular flexibility index (Phi) is 2.76. The molecule has 0 radical (unpaired) electrons. The van der Waals surface area contributed by atoms with Crippen LogP contribution in [-0.4, -0.2) is 20.6 Å². The molecule has 0 saturated heterocycles. The molecule has 0 amide bonds. The molecule has 1 fully saturated rings. The number of aromatic nitrogens is 4. The maximum atomic E-state index is 4.08. The normalized spacial score (nSPS) is 27.9. The summed E-state index contributed by atoms with van der Waals surface area (Å²) in [5.74, 6) is 2.28. The number of hydrogen-bond acceptors (Lipinski definition) is 3. The Morgan fingerprint density at radius 1 is 1.13 bits per heavy atom. The van der Waals surface area contributed by atoms with Crippen molar-refractivity contribution in [3.63, 3.8) is 0 Å². The van der Waals surface area contributed by atoms with Crippen molar-refractivity contribution in [3.05, 3.63) is 5.82 Å². The van der Waals surface area contributed by atoms with Gasteiger partial charge in [-0.3, -0.25) is 0 Å². The molecule has 1 aliphatic carbocycles. The van der Waals surface area contributed by atoms with Crippen LogP contribution in [0.3, 0.4) is 0 Å². The Morgan fingerprint density at radius 2 is 1.80 bits per heavy atom. The summed E-state index contributed by atoms with van der Waals surface area (Å²) in [6, 6.07) is 0. The largest absolute Gasteiger partial charge is 0.177 e. The van der Waals surface area contributed by atoms with Crippen molar-refractivity contribution < 1.29 is 0 Å². The second-order valence-electron chi connectivity index (χ2n) is 5.68. The number of nitrogens with zero attached hydrogens (tertiary/aromatic N) is 3. The molecular formula is C11H20N4. The molecule has 1 N–H and O–H groups in total. The Bertz CT molecular complexity index is 291. The van der Waals surface area contributed by atoms with Crippen LogP contribution in [0, 0.1) is 11.3 Å². The van der Waals surface area contributed by atoms with Crippen molar-refractivity contribution in [2.75, 3.05) is 0 Å². The minimum absolute atomic E-state index is 0.447. The monoisotopic (exact) mass is 208 g/mol. The maximum absolute atomic E-state index is 4.08. The lowest BCUT2D eigenvalue weighted by Gasteiger charge is -2.36. The highest BCUT2D eigenvalue weighted by molar-refractivity contribution is 4.95.